The Morgan fingerprint density at radius 3 is 2.57 bits per heavy atom. The molecule has 1 saturated carbocycles. The molecular weight excluding hydrogens is 266 g/mol. The summed E-state index contributed by atoms with van der Waals surface area (Å²) in [5.41, 5.74) is 2.29. The number of aryl methyl sites for hydroxylation is 2. The number of hydrogen-bond acceptors (Lipinski definition) is 4. The minimum Gasteiger partial charge on any atom is -0.491 e. The molecule has 0 heterocycles. The number of aliphatic hydroxyl groups is 2. The van der Waals surface area contributed by atoms with Crippen LogP contribution in [0.25, 0.3) is 0 Å². The quantitative estimate of drug-likeness (QED) is 0.767. The molecule has 1 aromatic rings. The third-order valence-electron chi connectivity index (χ3n) is 3.95. The fourth-order valence-corrected chi connectivity index (χ4v) is 2.58. The summed E-state index contributed by atoms with van der Waals surface area (Å²) in [6.45, 7) is 5.45. The lowest BCUT2D eigenvalue weighted by atomic mass is 10.1. The van der Waals surface area contributed by atoms with Crippen LogP contribution >= 0.6 is 0 Å². The van der Waals surface area contributed by atoms with E-state index < -0.39 is 6.10 Å². The molecule has 2 N–H and O–H groups in total. The monoisotopic (exact) mass is 293 g/mol. The Labute approximate surface area is 127 Å². The third-order valence-corrected chi connectivity index (χ3v) is 3.95. The molecule has 2 unspecified atom stereocenters. The van der Waals surface area contributed by atoms with Crippen LogP contribution in [0, 0.1) is 19.8 Å². The van der Waals surface area contributed by atoms with E-state index in [-0.39, 0.29) is 12.7 Å². The summed E-state index contributed by atoms with van der Waals surface area (Å²) in [7, 11) is 1.92. The maximum atomic E-state index is 10.0. The highest BCUT2D eigenvalue weighted by molar-refractivity contribution is 5.35. The predicted octanol–water partition coefficient (Wildman–Crippen LogP) is 1.75. The molecule has 21 heavy (non-hydrogen) atoms. The van der Waals surface area contributed by atoms with E-state index in [1.165, 1.54) is 5.56 Å². The van der Waals surface area contributed by atoms with E-state index in [9.17, 15) is 10.2 Å². The second-order valence-electron chi connectivity index (χ2n) is 6.36. The number of likely N-dealkylation sites (N-methyl/N-ethyl adjacent to an activating group) is 1. The first kappa shape index (κ1) is 16.3. The van der Waals surface area contributed by atoms with Crippen molar-refractivity contribution in [2.75, 3.05) is 26.7 Å². The highest BCUT2D eigenvalue weighted by Gasteiger charge is 2.30. The van der Waals surface area contributed by atoms with Gasteiger partial charge in [-0.2, -0.15) is 0 Å². The topological polar surface area (TPSA) is 52.9 Å². The summed E-state index contributed by atoms with van der Waals surface area (Å²) in [4.78, 5) is 1.97. The maximum Gasteiger partial charge on any atom is 0.122 e. The van der Waals surface area contributed by atoms with Gasteiger partial charge < -0.3 is 19.8 Å². The summed E-state index contributed by atoms with van der Waals surface area (Å²) in [6.07, 6.45) is 1.45. The van der Waals surface area contributed by atoms with E-state index in [0.29, 0.717) is 19.0 Å². The van der Waals surface area contributed by atoms with Gasteiger partial charge in [0.2, 0.25) is 0 Å². The molecule has 1 fully saturated rings. The normalized spacial score (nSPS) is 17.8. The van der Waals surface area contributed by atoms with Gasteiger partial charge in [0.05, 0.1) is 6.10 Å². The van der Waals surface area contributed by atoms with Gasteiger partial charge in [0.1, 0.15) is 18.5 Å². The van der Waals surface area contributed by atoms with Crippen molar-refractivity contribution in [1.82, 2.24) is 4.90 Å². The molecule has 4 heteroatoms. The lowest BCUT2D eigenvalue weighted by Crippen LogP contribution is -2.38. The molecule has 0 aromatic heterocycles. The molecule has 0 bridgehead atoms. The maximum absolute atomic E-state index is 10.0. The Balaban J connectivity index is 1.72. The van der Waals surface area contributed by atoms with Crippen LogP contribution in [-0.2, 0) is 0 Å². The smallest absolute Gasteiger partial charge is 0.122 e. The average molecular weight is 293 g/mol. The van der Waals surface area contributed by atoms with Crippen molar-refractivity contribution in [2.45, 2.75) is 38.9 Å². The standard InChI is InChI=1S/C17H27NO3/c1-12-4-7-17(13(2)8-12)21-11-15(19)9-18(3)10-16(20)14-5-6-14/h4,7-8,14-16,19-20H,5-6,9-11H2,1-3H3. The van der Waals surface area contributed by atoms with Gasteiger partial charge in [-0.25, -0.2) is 0 Å². The first-order valence-electron chi connectivity index (χ1n) is 7.70. The van der Waals surface area contributed by atoms with E-state index in [2.05, 4.69) is 6.07 Å². The molecule has 0 aliphatic heterocycles. The van der Waals surface area contributed by atoms with E-state index >= 15 is 0 Å². The first-order chi connectivity index (χ1) is 9.95. The van der Waals surface area contributed by atoms with Crippen LogP contribution in [0.5, 0.6) is 5.75 Å². The van der Waals surface area contributed by atoms with Crippen LogP contribution < -0.4 is 4.74 Å². The molecule has 0 radical (unpaired) electrons. The van der Waals surface area contributed by atoms with Gasteiger partial charge in [-0.15, -0.1) is 0 Å². The zero-order valence-electron chi connectivity index (χ0n) is 13.2. The van der Waals surface area contributed by atoms with Gasteiger partial charge in [-0.3, -0.25) is 0 Å². The van der Waals surface area contributed by atoms with E-state index in [1.807, 2.05) is 37.9 Å². The van der Waals surface area contributed by atoms with Gasteiger partial charge >= 0.3 is 0 Å². The summed E-state index contributed by atoms with van der Waals surface area (Å²) >= 11 is 0. The number of rotatable bonds is 8. The molecule has 118 valence electrons. The van der Waals surface area contributed by atoms with Crippen LogP contribution in [0.15, 0.2) is 18.2 Å². The summed E-state index contributed by atoms with van der Waals surface area (Å²) in [5.74, 6) is 1.29. The van der Waals surface area contributed by atoms with Crippen molar-refractivity contribution < 1.29 is 14.9 Å². The second-order valence-corrected chi connectivity index (χ2v) is 6.36. The summed E-state index contributed by atoms with van der Waals surface area (Å²) < 4.78 is 5.68. The Morgan fingerprint density at radius 1 is 1.24 bits per heavy atom. The molecule has 0 spiro atoms. The second kappa shape index (κ2) is 7.25. The minimum atomic E-state index is -0.554. The number of aliphatic hydroxyl groups excluding tert-OH is 2. The minimum absolute atomic E-state index is 0.262. The van der Waals surface area contributed by atoms with Gasteiger partial charge in [0.25, 0.3) is 0 Å². The molecule has 0 saturated heterocycles. The molecule has 1 aliphatic carbocycles. The van der Waals surface area contributed by atoms with Gasteiger partial charge in [-0.1, -0.05) is 17.7 Å². The number of benzene rings is 1. The fraction of sp³-hybridized carbons (Fsp3) is 0.647. The van der Waals surface area contributed by atoms with Crippen molar-refractivity contribution >= 4 is 0 Å². The molecule has 4 nitrogen and oxygen atoms in total. The van der Waals surface area contributed by atoms with Crippen molar-refractivity contribution in [3.63, 3.8) is 0 Å². The van der Waals surface area contributed by atoms with E-state index in [0.717, 1.165) is 24.2 Å². The largest absolute Gasteiger partial charge is 0.491 e. The average Bonchev–Trinajstić information content (AvgIpc) is 3.21. The van der Waals surface area contributed by atoms with Gasteiger partial charge in [0.15, 0.2) is 0 Å². The number of nitrogens with zero attached hydrogens (tertiary/aromatic N) is 1. The summed E-state index contributed by atoms with van der Waals surface area (Å²) in [5, 5.41) is 19.9. The van der Waals surface area contributed by atoms with E-state index in [4.69, 9.17) is 4.74 Å². The first-order valence-corrected chi connectivity index (χ1v) is 7.70. The molecule has 1 aromatic carbocycles. The highest BCUT2D eigenvalue weighted by atomic mass is 16.5. The summed E-state index contributed by atoms with van der Waals surface area (Å²) in [6, 6.07) is 6.02. The van der Waals surface area contributed by atoms with Crippen LogP contribution in [0.2, 0.25) is 0 Å². The van der Waals surface area contributed by atoms with Crippen molar-refractivity contribution in [3.05, 3.63) is 29.3 Å². The number of ether oxygens (including phenoxy) is 1. The Kier molecular flexibility index (Phi) is 5.62. The molecular formula is C17H27NO3. The van der Waals surface area contributed by atoms with Crippen molar-refractivity contribution in [3.8, 4) is 5.75 Å². The van der Waals surface area contributed by atoms with Crippen LogP contribution in [0.3, 0.4) is 0 Å². The highest BCUT2D eigenvalue weighted by Crippen LogP contribution is 2.32. The lowest BCUT2D eigenvalue weighted by Gasteiger charge is -2.23. The van der Waals surface area contributed by atoms with Gasteiger partial charge in [0, 0.05) is 13.1 Å². The van der Waals surface area contributed by atoms with Crippen molar-refractivity contribution in [2.24, 2.45) is 5.92 Å². The van der Waals surface area contributed by atoms with E-state index in [1.54, 1.807) is 0 Å². The Morgan fingerprint density at radius 2 is 1.95 bits per heavy atom. The van der Waals surface area contributed by atoms with Crippen LogP contribution in [0.1, 0.15) is 24.0 Å². The third kappa shape index (κ3) is 5.30. The molecule has 2 atom stereocenters. The number of hydrogen-bond donors (Lipinski definition) is 2. The molecule has 0 amide bonds. The SMILES string of the molecule is Cc1ccc(OCC(O)CN(C)CC(O)C2CC2)c(C)c1. The molecule has 2 rings (SSSR count). The predicted molar refractivity (Wildman–Crippen MR) is 83.6 cm³/mol. The van der Waals surface area contributed by atoms with Gasteiger partial charge in [-0.05, 0) is 51.3 Å². The lowest BCUT2D eigenvalue weighted by molar-refractivity contribution is 0.0507. The fourth-order valence-electron chi connectivity index (χ4n) is 2.58. The van der Waals surface area contributed by atoms with Crippen LogP contribution in [0.4, 0.5) is 0 Å². The molecule has 1 aliphatic rings. The Bertz CT molecular complexity index is 459. The Hall–Kier alpha value is -1.10. The zero-order valence-corrected chi connectivity index (χ0v) is 13.2. The van der Waals surface area contributed by atoms with Crippen molar-refractivity contribution in [1.29, 1.82) is 0 Å². The zero-order chi connectivity index (χ0) is 15.4. The van der Waals surface area contributed by atoms with Crippen LogP contribution in [-0.4, -0.2) is 54.1 Å².